The van der Waals surface area contributed by atoms with E-state index < -0.39 is 0 Å². The highest BCUT2D eigenvalue weighted by Crippen LogP contribution is 2.16. The lowest BCUT2D eigenvalue weighted by atomic mass is 10.2. The van der Waals surface area contributed by atoms with Crippen LogP contribution < -0.4 is 5.32 Å². The van der Waals surface area contributed by atoms with Gasteiger partial charge in [-0.1, -0.05) is 0 Å². The number of nitrogens with one attached hydrogen (secondary N) is 1. The van der Waals surface area contributed by atoms with Gasteiger partial charge in [-0.2, -0.15) is 5.10 Å². The minimum absolute atomic E-state index is 1.04. The highest BCUT2D eigenvalue weighted by Gasteiger charge is 1.97. The fourth-order valence-electron chi connectivity index (χ4n) is 1.30. The smallest absolute Gasteiger partial charge is 0.0924 e. The molecule has 0 radical (unpaired) electrons. The molecule has 1 aromatic heterocycles. The average Bonchev–Trinajstić information content (AvgIpc) is 2.43. The van der Waals surface area contributed by atoms with E-state index >= 15 is 0 Å². The summed E-state index contributed by atoms with van der Waals surface area (Å²) in [7, 11) is 3.84. The van der Waals surface area contributed by atoms with Crippen LogP contribution in [0.4, 0.5) is 5.69 Å². The molecule has 62 valence electrons. The van der Waals surface area contributed by atoms with Crippen LogP contribution in [-0.4, -0.2) is 16.8 Å². The van der Waals surface area contributed by atoms with Gasteiger partial charge in [0.1, 0.15) is 0 Å². The van der Waals surface area contributed by atoms with Gasteiger partial charge in [0.25, 0.3) is 0 Å². The summed E-state index contributed by atoms with van der Waals surface area (Å²) < 4.78 is 1.82. The third kappa shape index (κ3) is 1.03. The molecule has 0 amide bonds. The van der Waals surface area contributed by atoms with E-state index in [1.807, 2.05) is 37.1 Å². The Morgan fingerprint density at radius 3 is 3.00 bits per heavy atom. The molecule has 2 rings (SSSR count). The molecule has 1 N–H and O–H groups in total. The Labute approximate surface area is 71.0 Å². The highest BCUT2D eigenvalue weighted by atomic mass is 15.2. The Bertz CT molecular complexity index is 403. The summed E-state index contributed by atoms with van der Waals surface area (Å²) in [6.45, 7) is 0. The van der Waals surface area contributed by atoms with E-state index in [2.05, 4.69) is 16.5 Å². The average molecular weight is 161 g/mol. The maximum atomic E-state index is 4.28. The van der Waals surface area contributed by atoms with Crippen LogP contribution in [0.25, 0.3) is 10.9 Å². The number of aryl methyl sites for hydroxylation is 1. The largest absolute Gasteiger partial charge is 0.388 e. The molecule has 0 aliphatic heterocycles. The molecule has 0 aliphatic carbocycles. The lowest BCUT2D eigenvalue weighted by Crippen LogP contribution is -1.86. The van der Waals surface area contributed by atoms with E-state index in [1.165, 1.54) is 5.39 Å². The molecule has 3 nitrogen and oxygen atoms in total. The topological polar surface area (TPSA) is 29.9 Å². The van der Waals surface area contributed by atoms with Crippen molar-refractivity contribution in [1.82, 2.24) is 9.78 Å². The first-order valence-corrected chi connectivity index (χ1v) is 3.91. The van der Waals surface area contributed by atoms with Gasteiger partial charge in [0.05, 0.1) is 5.52 Å². The predicted molar refractivity (Wildman–Crippen MR) is 50.3 cm³/mol. The molecule has 1 heterocycles. The maximum absolute atomic E-state index is 4.28. The molecule has 0 atom stereocenters. The Morgan fingerprint density at radius 1 is 1.42 bits per heavy atom. The van der Waals surface area contributed by atoms with Gasteiger partial charge in [0.2, 0.25) is 0 Å². The van der Waals surface area contributed by atoms with Crippen molar-refractivity contribution < 1.29 is 0 Å². The van der Waals surface area contributed by atoms with Gasteiger partial charge >= 0.3 is 0 Å². The summed E-state index contributed by atoms with van der Waals surface area (Å²) in [4.78, 5) is 0. The summed E-state index contributed by atoms with van der Waals surface area (Å²) in [5.74, 6) is 0. The van der Waals surface area contributed by atoms with Crippen LogP contribution in [0.15, 0.2) is 24.4 Å². The van der Waals surface area contributed by atoms with E-state index in [4.69, 9.17) is 0 Å². The van der Waals surface area contributed by atoms with E-state index in [0.29, 0.717) is 0 Å². The van der Waals surface area contributed by atoms with Gasteiger partial charge < -0.3 is 5.32 Å². The Morgan fingerprint density at radius 2 is 2.25 bits per heavy atom. The van der Waals surface area contributed by atoms with Crippen molar-refractivity contribution in [2.75, 3.05) is 12.4 Å². The van der Waals surface area contributed by atoms with Crippen LogP contribution in [0.1, 0.15) is 0 Å². The molecule has 0 aliphatic rings. The second-order valence-corrected chi connectivity index (χ2v) is 2.83. The molecular weight excluding hydrogens is 150 g/mol. The Kier molecular flexibility index (Phi) is 1.50. The van der Waals surface area contributed by atoms with Crippen LogP contribution >= 0.6 is 0 Å². The fraction of sp³-hybridized carbons (Fsp3) is 0.222. The summed E-state index contributed by atoms with van der Waals surface area (Å²) in [6, 6.07) is 6.12. The third-order valence-corrected chi connectivity index (χ3v) is 1.91. The third-order valence-electron chi connectivity index (χ3n) is 1.91. The second kappa shape index (κ2) is 2.52. The molecule has 0 bridgehead atoms. The van der Waals surface area contributed by atoms with E-state index in [0.717, 1.165) is 11.2 Å². The van der Waals surface area contributed by atoms with Crippen molar-refractivity contribution in [2.45, 2.75) is 0 Å². The van der Waals surface area contributed by atoms with Crippen LogP contribution in [0.5, 0.6) is 0 Å². The normalized spacial score (nSPS) is 10.5. The molecular formula is C9H11N3. The zero-order valence-corrected chi connectivity index (χ0v) is 7.20. The number of nitrogens with zero attached hydrogens (tertiary/aromatic N) is 2. The molecule has 12 heavy (non-hydrogen) atoms. The van der Waals surface area contributed by atoms with Gasteiger partial charge in [-0.25, -0.2) is 0 Å². The number of hydrogen-bond donors (Lipinski definition) is 1. The molecule has 0 unspecified atom stereocenters. The summed E-state index contributed by atoms with van der Waals surface area (Å²) in [5, 5.41) is 8.54. The van der Waals surface area contributed by atoms with Crippen molar-refractivity contribution in [1.29, 1.82) is 0 Å². The van der Waals surface area contributed by atoms with Crippen LogP contribution in [0.2, 0.25) is 0 Å². The first-order valence-electron chi connectivity index (χ1n) is 3.91. The number of anilines is 1. The Hall–Kier alpha value is -1.51. The number of aromatic nitrogens is 2. The number of fused-ring (bicyclic) bond motifs is 1. The first kappa shape index (κ1) is 7.16. The molecule has 2 aromatic rings. The molecule has 0 saturated heterocycles. The lowest BCUT2D eigenvalue weighted by molar-refractivity contribution is 0.780. The van der Waals surface area contributed by atoms with Crippen molar-refractivity contribution in [2.24, 2.45) is 7.05 Å². The van der Waals surface area contributed by atoms with Crippen molar-refractivity contribution in [3.8, 4) is 0 Å². The highest BCUT2D eigenvalue weighted by molar-refractivity contribution is 5.81. The minimum atomic E-state index is 1.04. The van der Waals surface area contributed by atoms with Gasteiger partial charge in [-0.3, -0.25) is 4.68 Å². The van der Waals surface area contributed by atoms with Crippen LogP contribution in [-0.2, 0) is 7.05 Å². The van der Waals surface area contributed by atoms with Gasteiger partial charge in [0, 0.05) is 31.4 Å². The SMILES string of the molecule is CNc1ccc2nn(C)cc2c1. The van der Waals surface area contributed by atoms with Crippen molar-refractivity contribution >= 4 is 16.6 Å². The van der Waals surface area contributed by atoms with Crippen LogP contribution in [0.3, 0.4) is 0 Å². The van der Waals surface area contributed by atoms with E-state index in [1.54, 1.807) is 0 Å². The molecule has 0 saturated carbocycles. The number of rotatable bonds is 1. The minimum Gasteiger partial charge on any atom is -0.388 e. The van der Waals surface area contributed by atoms with Crippen LogP contribution in [0, 0.1) is 0 Å². The van der Waals surface area contributed by atoms with Crippen molar-refractivity contribution in [3.05, 3.63) is 24.4 Å². The molecule has 3 heteroatoms. The maximum Gasteiger partial charge on any atom is 0.0924 e. The summed E-state index contributed by atoms with van der Waals surface area (Å²) in [5.41, 5.74) is 2.16. The zero-order valence-electron chi connectivity index (χ0n) is 7.20. The molecule has 1 aromatic carbocycles. The standard InChI is InChI=1S/C9H11N3/c1-10-8-3-4-9-7(5-8)6-12(2)11-9/h3-6,10H,1-2H3. The zero-order chi connectivity index (χ0) is 8.55. The number of benzene rings is 1. The number of hydrogen-bond acceptors (Lipinski definition) is 2. The van der Waals surface area contributed by atoms with Crippen molar-refractivity contribution in [3.63, 3.8) is 0 Å². The van der Waals surface area contributed by atoms with Gasteiger partial charge in [-0.05, 0) is 18.2 Å². The lowest BCUT2D eigenvalue weighted by Gasteiger charge is -1.96. The monoisotopic (exact) mass is 161 g/mol. The molecule has 0 fully saturated rings. The van der Waals surface area contributed by atoms with Gasteiger partial charge in [-0.15, -0.1) is 0 Å². The second-order valence-electron chi connectivity index (χ2n) is 2.83. The Balaban J connectivity index is 2.66. The van der Waals surface area contributed by atoms with E-state index in [9.17, 15) is 0 Å². The fourth-order valence-corrected chi connectivity index (χ4v) is 1.30. The van der Waals surface area contributed by atoms with Gasteiger partial charge in [0.15, 0.2) is 0 Å². The molecule has 0 spiro atoms. The summed E-state index contributed by atoms with van der Waals surface area (Å²) in [6.07, 6.45) is 2.01. The quantitative estimate of drug-likeness (QED) is 0.688. The summed E-state index contributed by atoms with van der Waals surface area (Å²) >= 11 is 0. The van der Waals surface area contributed by atoms with E-state index in [-0.39, 0.29) is 0 Å². The first-order chi connectivity index (χ1) is 5.79. The predicted octanol–water partition coefficient (Wildman–Crippen LogP) is 1.61.